The molecule has 0 aromatic carbocycles. The Morgan fingerprint density at radius 1 is 1.26 bits per heavy atom. The summed E-state index contributed by atoms with van der Waals surface area (Å²) < 4.78 is 0. The average Bonchev–Trinajstić information content (AvgIpc) is 2.69. The number of aliphatic hydroxyl groups excluding tert-OH is 1. The third kappa shape index (κ3) is 9.05. The maximum atomic E-state index is 11.4. The lowest BCUT2D eigenvalue weighted by molar-refractivity contribution is -0.120. The molecule has 0 unspecified atom stereocenters. The highest BCUT2D eigenvalue weighted by Crippen LogP contribution is 2.20. The molecular formula is C14H28N2O2S. The lowest BCUT2D eigenvalue weighted by atomic mass is 10.1. The van der Waals surface area contributed by atoms with Crippen molar-refractivity contribution in [2.75, 3.05) is 12.9 Å². The van der Waals surface area contributed by atoms with E-state index in [1.807, 2.05) is 20.1 Å². The Bertz CT molecular complexity index is 262. The van der Waals surface area contributed by atoms with E-state index in [1.54, 1.807) is 0 Å². The topological polar surface area (TPSA) is 61.7 Å². The maximum absolute atomic E-state index is 11.4. The van der Waals surface area contributed by atoms with Gasteiger partial charge in [0.05, 0.1) is 19.1 Å². The van der Waals surface area contributed by atoms with E-state index in [9.17, 15) is 4.79 Å². The van der Waals surface area contributed by atoms with Gasteiger partial charge in [-0.15, -0.1) is 0 Å². The van der Waals surface area contributed by atoms with Crippen molar-refractivity contribution < 1.29 is 9.90 Å². The standard InChI is InChI=1S/C12H22N2O2S.C2H6/c1-17-12(14-11(16)8-9-15)13-10-6-4-2-3-5-7-10;1-2/h10,15H,2-9H2,1H3,(H,13,14,16);1-2H3. The summed E-state index contributed by atoms with van der Waals surface area (Å²) in [5, 5.41) is 12.1. The number of aliphatic imine (C=N–C) groups is 1. The molecular weight excluding hydrogens is 260 g/mol. The Kier molecular flexibility index (Phi) is 12.1. The minimum absolute atomic E-state index is 0.114. The van der Waals surface area contributed by atoms with Gasteiger partial charge in [-0.05, 0) is 19.1 Å². The van der Waals surface area contributed by atoms with Gasteiger partial charge in [0.15, 0.2) is 5.17 Å². The number of nitrogens with zero attached hydrogens (tertiary/aromatic N) is 1. The van der Waals surface area contributed by atoms with Crippen LogP contribution in [0.2, 0.25) is 0 Å². The Morgan fingerprint density at radius 3 is 2.32 bits per heavy atom. The second-order valence-electron chi connectivity index (χ2n) is 4.31. The number of amides is 1. The second-order valence-corrected chi connectivity index (χ2v) is 5.10. The molecule has 0 aromatic rings. The first kappa shape index (κ1) is 18.4. The Morgan fingerprint density at radius 2 is 1.84 bits per heavy atom. The van der Waals surface area contributed by atoms with Crippen molar-refractivity contribution >= 4 is 22.8 Å². The highest BCUT2D eigenvalue weighted by molar-refractivity contribution is 8.13. The largest absolute Gasteiger partial charge is 0.396 e. The maximum Gasteiger partial charge on any atom is 0.228 e. The van der Waals surface area contributed by atoms with Gasteiger partial charge in [0.25, 0.3) is 0 Å². The van der Waals surface area contributed by atoms with Crippen molar-refractivity contribution in [3.63, 3.8) is 0 Å². The Labute approximate surface area is 121 Å². The van der Waals surface area contributed by atoms with Crippen molar-refractivity contribution in [2.24, 2.45) is 4.99 Å². The van der Waals surface area contributed by atoms with Gasteiger partial charge in [-0.3, -0.25) is 9.79 Å². The highest BCUT2D eigenvalue weighted by atomic mass is 32.2. The van der Waals surface area contributed by atoms with Gasteiger partial charge in [-0.1, -0.05) is 51.3 Å². The number of amidine groups is 1. The minimum Gasteiger partial charge on any atom is -0.396 e. The number of aliphatic hydroxyl groups is 1. The summed E-state index contributed by atoms with van der Waals surface area (Å²) in [6.45, 7) is 3.89. The van der Waals surface area contributed by atoms with Crippen LogP contribution in [0.5, 0.6) is 0 Å². The molecule has 1 aliphatic carbocycles. The molecule has 2 N–H and O–H groups in total. The van der Waals surface area contributed by atoms with E-state index in [1.165, 1.54) is 37.4 Å². The predicted octanol–water partition coefficient (Wildman–Crippen LogP) is 2.95. The van der Waals surface area contributed by atoms with Crippen LogP contribution >= 0.6 is 11.8 Å². The first-order valence-electron chi connectivity index (χ1n) is 7.28. The smallest absolute Gasteiger partial charge is 0.228 e. The first-order valence-corrected chi connectivity index (χ1v) is 8.51. The molecule has 19 heavy (non-hydrogen) atoms. The van der Waals surface area contributed by atoms with Gasteiger partial charge < -0.3 is 10.4 Å². The molecule has 1 amide bonds. The van der Waals surface area contributed by atoms with Crippen molar-refractivity contribution in [3.8, 4) is 0 Å². The van der Waals surface area contributed by atoms with Crippen LogP contribution in [0.15, 0.2) is 4.99 Å². The molecule has 1 rings (SSSR count). The summed E-state index contributed by atoms with van der Waals surface area (Å²) in [7, 11) is 0. The van der Waals surface area contributed by atoms with Gasteiger partial charge >= 0.3 is 0 Å². The van der Waals surface area contributed by atoms with Crippen LogP contribution in [0, 0.1) is 0 Å². The number of hydrogen-bond acceptors (Lipinski definition) is 4. The molecule has 0 radical (unpaired) electrons. The molecule has 0 heterocycles. The Balaban J connectivity index is 0.00000154. The molecule has 0 aliphatic heterocycles. The average molecular weight is 288 g/mol. The number of hydrogen-bond donors (Lipinski definition) is 2. The fraction of sp³-hybridized carbons (Fsp3) is 0.857. The van der Waals surface area contributed by atoms with Crippen LogP contribution in [-0.2, 0) is 4.79 Å². The van der Waals surface area contributed by atoms with Gasteiger partial charge in [-0.2, -0.15) is 0 Å². The number of thioether (sulfide) groups is 1. The zero-order valence-corrected chi connectivity index (χ0v) is 13.3. The molecule has 112 valence electrons. The third-order valence-corrected chi connectivity index (χ3v) is 3.50. The zero-order chi connectivity index (χ0) is 14.5. The molecule has 1 saturated carbocycles. The van der Waals surface area contributed by atoms with Crippen LogP contribution in [-0.4, -0.2) is 35.1 Å². The molecule has 0 bridgehead atoms. The molecule has 0 spiro atoms. The van der Waals surface area contributed by atoms with Crippen molar-refractivity contribution in [2.45, 2.75) is 64.8 Å². The normalized spacial score (nSPS) is 17.2. The fourth-order valence-electron chi connectivity index (χ4n) is 1.97. The minimum atomic E-state index is -0.158. The van der Waals surface area contributed by atoms with E-state index in [2.05, 4.69) is 10.3 Å². The van der Waals surface area contributed by atoms with E-state index < -0.39 is 0 Å². The highest BCUT2D eigenvalue weighted by Gasteiger charge is 2.13. The summed E-state index contributed by atoms with van der Waals surface area (Å²) in [4.78, 5) is 16.0. The van der Waals surface area contributed by atoms with Gasteiger partial charge in [0, 0.05) is 0 Å². The molecule has 5 heteroatoms. The molecule has 1 aliphatic rings. The third-order valence-electron chi connectivity index (χ3n) is 2.90. The molecule has 0 saturated heterocycles. The quantitative estimate of drug-likeness (QED) is 0.477. The summed E-state index contributed by atoms with van der Waals surface area (Å²) in [6, 6.07) is 0.356. The van der Waals surface area contributed by atoms with E-state index in [-0.39, 0.29) is 18.9 Å². The van der Waals surface area contributed by atoms with Crippen LogP contribution in [0.1, 0.15) is 58.8 Å². The Hall–Kier alpha value is -0.550. The number of rotatable bonds is 3. The van der Waals surface area contributed by atoms with Crippen molar-refractivity contribution in [3.05, 3.63) is 0 Å². The molecule has 0 atom stereocenters. The van der Waals surface area contributed by atoms with E-state index >= 15 is 0 Å². The lowest BCUT2D eigenvalue weighted by Gasteiger charge is -2.12. The molecule has 4 nitrogen and oxygen atoms in total. The summed E-state index contributed by atoms with van der Waals surface area (Å²) in [5.41, 5.74) is 0. The van der Waals surface area contributed by atoms with Gasteiger partial charge in [-0.25, -0.2) is 0 Å². The second kappa shape index (κ2) is 12.5. The van der Waals surface area contributed by atoms with Crippen LogP contribution in [0.3, 0.4) is 0 Å². The predicted molar refractivity (Wildman–Crippen MR) is 83.6 cm³/mol. The zero-order valence-electron chi connectivity index (χ0n) is 12.4. The number of carbonyl (C=O) groups excluding carboxylic acids is 1. The molecule has 1 fully saturated rings. The van der Waals surface area contributed by atoms with Crippen LogP contribution < -0.4 is 5.32 Å². The number of carbonyl (C=O) groups is 1. The summed E-state index contributed by atoms with van der Waals surface area (Å²) in [6.07, 6.45) is 9.38. The van der Waals surface area contributed by atoms with Crippen LogP contribution in [0.4, 0.5) is 0 Å². The van der Waals surface area contributed by atoms with Crippen LogP contribution in [0.25, 0.3) is 0 Å². The molecule has 0 aromatic heterocycles. The van der Waals surface area contributed by atoms with Crippen molar-refractivity contribution in [1.82, 2.24) is 5.32 Å². The van der Waals surface area contributed by atoms with E-state index in [0.29, 0.717) is 11.2 Å². The van der Waals surface area contributed by atoms with Gasteiger partial charge in [0.2, 0.25) is 5.91 Å². The van der Waals surface area contributed by atoms with Crippen molar-refractivity contribution in [1.29, 1.82) is 0 Å². The number of nitrogens with one attached hydrogen (secondary N) is 1. The van der Waals surface area contributed by atoms with Gasteiger partial charge in [0.1, 0.15) is 0 Å². The fourth-order valence-corrected chi connectivity index (χ4v) is 2.44. The van der Waals surface area contributed by atoms with E-state index in [4.69, 9.17) is 5.11 Å². The monoisotopic (exact) mass is 288 g/mol. The first-order chi connectivity index (χ1) is 9.26. The van der Waals surface area contributed by atoms with E-state index in [0.717, 1.165) is 12.8 Å². The SMILES string of the molecule is CC.CSC(=NC1CCCCCC1)NC(=O)CCO. The summed E-state index contributed by atoms with van der Waals surface area (Å²) >= 11 is 1.46. The summed E-state index contributed by atoms with van der Waals surface area (Å²) in [5.74, 6) is -0.158. The lowest BCUT2D eigenvalue weighted by Crippen LogP contribution is -2.29.